The normalized spacial score (nSPS) is 10.3. The lowest BCUT2D eigenvalue weighted by Crippen LogP contribution is -1.99. The van der Waals surface area contributed by atoms with Crippen molar-refractivity contribution < 1.29 is 14.3 Å². The van der Waals surface area contributed by atoms with Gasteiger partial charge in [-0.1, -0.05) is 0 Å². The molecule has 0 bridgehead atoms. The van der Waals surface area contributed by atoms with Gasteiger partial charge in [0.2, 0.25) is 5.89 Å². The molecule has 0 spiro atoms. The van der Waals surface area contributed by atoms with Crippen molar-refractivity contribution in [3.8, 4) is 17.5 Å². The second-order valence-corrected chi connectivity index (χ2v) is 4.05. The number of oxazole rings is 1. The van der Waals surface area contributed by atoms with E-state index in [1.54, 1.807) is 24.3 Å². The smallest absolute Gasteiger partial charge is 0.354 e. The van der Waals surface area contributed by atoms with Crippen LogP contribution in [-0.4, -0.2) is 21.0 Å². The number of pyridine rings is 1. The number of aromatic carboxylic acids is 1. The molecule has 0 amide bonds. The summed E-state index contributed by atoms with van der Waals surface area (Å²) in [4.78, 5) is 18.9. The number of rotatable bonds is 2. The number of hydrogen-bond acceptors (Lipinski definition) is 5. The van der Waals surface area contributed by atoms with Crippen LogP contribution in [0.1, 0.15) is 16.1 Å². The summed E-state index contributed by atoms with van der Waals surface area (Å²) >= 11 is 0. The van der Waals surface area contributed by atoms with Gasteiger partial charge in [0.25, 0.3) is 0 Å². The molecule has 2 heterocycles. The zero-order chi connectivity index (χ0) is 14.1. The van der Waals surface area contributed by atoms with Gasteiger partial charge in [0, 0.05) is 11.8 Å². The predicted molar refractivity (Wildman–Crippen MR) is 68.9 cm³/mol. The molecule has 0 unspecified atom stereocenters. The minimum absolute atomic E-state index is 0.0810. The third-order valence-electron chi connectivity index (χ3n) is 2.74. The summed E-state index contributed by atoms with van der Waals surface area (Å²) in [6.07, 6.45) is 1.38. The topological polar surface area (TPSA) is 100 Å². The Hall–Kier alpha value is -3.20. The second-order valence-electron chi connectivity index (χ2n) is 4.05. The van der Waals surface area contributed by atoms with Gasteiger partial charge in [-0.05, 0) is 30.3 Å². The summed E-state index contributed by atoms with van der Waals surface area (Å²) in [6, 6.07) is 9.92. The first-order valence-corrected chi connectivity index (χ1v) is 5.68. The third kappa shape index (κ3) is 1.97. The highest BCUT2D eigenvalue weighted by molar-refractivity contribution is 5.87. The second kappa shape index (κ2) is 4.48. The fraction of sp³-hybridized carbons (Fsp3) is 0. The number of carboxylic acid groups (broad SMARTS) is 1. The van der Waals surface area contributed by atoms with Crippen LogP contribution in [0.4, 0.5) is 0 Å². The Kier molecular flexibility index (Phi) is 2.66. The Morgan fingerprint density at radius 1 is 1.30 bits per heavy atom. The van der Waals surface area contributed by atoms with E-state index in [1.807, 2.05) is 6.07 Å². The Labute approximate surface area is 112 Å². The summed E-state index contributed by atoms with van der Waals surface area (Å²) in [5.41, 5.74) is 2.01. The van der Waals surface area contributed by atoms with Crippen molar-refractivity contribution in [2.75, 3.05) is 0 Å². The van der Waals surface area contributed by atoms with Gasteiger partial charge >= 0.3 is 5.97 Å². The van der Waals surface area contributed by atoms with Crippen LogP contribution in [0.2, 0.25) is 0 Å². The van der Waals surface area contributed by atoms with E-state index in [0.29, 0.717) is 28.1 Å². The van der Waals surface area contributed by atoms with Gasteiger partial charge < -0.3 is 9.52 Å². The first-order chi connectivity index (χ1) is 9.67. The molecule has 0 saturated heterocycles. The lowest BCUT2D eigenvalue weighted by Gasteiger charge is -1.96. The molecular formula is C14H7N3O3. The van der Waals surface area contributed by atoms with Gasteiger partial charge in [0.05, 0.1) is 11.6 Å². The number of nitriles is 1. The summed E-state index contributed by atoms with van der Waals surface area (Å²) in [6.45, 7) is 0. The lowest BCUT2D eigenvalue weighted by atomic mass is 10.2. The molecule has 0 radical (unpaired) electrons. The molecule has 1 aromatic carbocycles. The van der Waals surface area contributed by atoms with Crippen LogP contribution in [0.25, 0.3) is 22.6 Å². The van der Waals surface area contributed by atoms with Crippen molar-refractivity contribution in [2.24, 2.45) is 0 Å². The molecule has 6 heteroatoms. The van der Waals surface area contributed by atoms with Crippen LogP contribution in [0, 0.1) is 11.3 Å². The summed E-state index contributed by atoms with van der Waals surface area (Å²) in [5.74, 6) is -0.824. The zero-order valence-electron chi connectivity index (χ0n) is 10.1. The Balaban J connectivity index is 2.13. The highest BCUT2D eigenvalue weighted by Crippen LogP contribution is 2.24. The van der Waals surface area contributed by atoms with Crippen LogP contribution in [-0.2, 0) is 0 Å². The van der Waals surface area contributed by atoms with Crippen molar-refractivity contribution >= 4 is 17.1 Å². The number of benzene rings is 1. The molecule has 6 nitrogen and oxygen atoms in total. The van der Waals surface area contributed by atoms with E-state index in [4.69, 9.17) is 14.8 Å². The van der Waals surface area contributed by atoms with Crippen molar-refractivity contribution in [1.82, 2.24) is 9.97 Å². The molecule has 0 saturated carbocycles. The average Bonchev–Trinajstić information content (AvgIpc) is 2.90. The van der Waals surface area contributed by atoms with Crippen LogP contribution >= 0.6 is 0 Å². The fourth-order valence-corrected chi connectivity index (χ4v) is 1.80. The number of hydrogen-bond donors (Lipinski definition) is 1. The molecule has 20 heavy (non-hydrogen) atoms. The largest absolute Gasteiger partial charge is 0.477 e. The number of aromatic nitrogens is 2. The molecule has 0 fully saturated rings. The van der Waals surface area contributed by atoms with E-state index in [9.17, 15) is 4.79 Å². The van der Waals surface area contributed by atoms with Crippen molar-refractivity contribution in [3.05, 3.63) is 47.8 Å². The summed E-state index contributed by atoms with van der Waals surface area (Å²) in [7, 11) is 0. The highest BCUT2D eigenvalue weighted by Gasteiger charge is 2.12. The van der Waals surface area contributed by atoms with Crippen LogP contribution < -0.4 is 0 Å². The van der Waals surface area contributed by atoms with Gasteiger partial charge in [-0.15, -0.1) is 0 Å². The highest BCUT2D eigenvalue weighted by atomic mass is 16.4. The van der Waals surface area contributed by atoms with Crippen molar-refractivity contribution in [2.45, 2.75) is 0 Å². The van der Waals surface area contributed by atoms with Crippen LogP contribution in [0.3, 0.4) is 0 Å². The number of fused-ring (bicyclic) bond motifs is 1. The maximum Gasteiger partial charge on any atom is 0.354 e. The average molecular weight is 265 g/mol. The Morgan fingerprint density at radius 2 is 2.15 bits per heavy atom. The van der Waals surface area contributed by atoms with Gasteiger partial charge in [0.15, 0.2) is 5.58 Å². The number of carbonyl (C=O) groups is 1. The Morgan fingerprint density at radius 3 is 2.90 bits per heavy atom. The summed E-state index contributed by atoms with van der Waals surface area (Å²) in [5, 5.41) is 17.8. The molecule has 0 aliphatic rings. The van der Waals surface area contributed by atoms with Gasteiger partial charge in [-0.3, -0.25) is 0 Å². The minimum atomic E-state index is -1.12. The monoisotopic (exact) mass is 265 g/mol. The van der Waals surface area contributed by atoms with E-state index in [1.165, 1.54) is 12.3 Å². The minimum Gasteiger partial charge on any atom is -0.477 e. The summed E-state index contributed by atoms with van der Waals surface area (Å²) < 4.78 is 5.55. The van der Waals surface area contributed by atoms with Gasteiger partial charge in [-0.2, -0.15) is 5.26 Å². The van der Waals surface area contributed by atoms with Gasteiger partial charge in [-0.25, -0.2) is 14.8 Å². The first-order valence-electron chi connectivity index (χ1n) is 5.68. The van der Waals surface area contributed by atoms with E-state index < -0.39 is 5.97 Å². The molecule has 3 aromatic rings. The van der Waals surface area contributed by atoms with E-state index >= 15 is 0 Å². The first kappa shape index (κ1) is 11.9. The predicted octanol–water partition coefficient (Wildman–Crippen LogP) is 2.46. The molecule has 2 aromatic heterocycles. The van der Waals surface area contributed by atoms with Crippen molar-refractivity contribution in [1.29, 1.82) is 5.26 Å². The molecular weight excluding hydrogens is 258 g/mol. The maximum atomic E-state index is 10.9. The Bertz CT molecular complexity index is 861. The van der Waals surface area contributed by atoms with E-state index in [2.05, 4.69) is 9.97 Å². The standard InChI is InChI=1S/C14H7N3O3/c15-7-8-1-2-12-10(5-8)17-13(20-12)9-3-4-16-11(6-9)14(18)19/h1-6H,(H,18,19). The van der Waals surface area contributed by atoms with Crippen LogP contribution in [0.15, 0.2) is 40.9 Å². The van der Waals surface area contributed by atoms with E-state index in [0.717, 1.165) is 0 Å². The molecule has 1 N–H and O–H groups in total. The van der Waals surface area contributed by atoms with Crippen LogP contribution in [0.5, 0.6) is 0 Å². The van der Waals surface area contributed by atoms with E-state index in [-0.39, 0.29) is 5.69 Å². The lowest BCUT2D eigenvalue weighted by molar-refractivity contribution is 0.0690. The zero-order valence-corrected chi connectivity index (χ0v) is 10.1. The quantitative estimate of drug-likeness (QED) is 0.763. The molecule has 3 rings (SSSR count). The number of nitrogens with zero attached hydrogens (tertiary/aromatic N) is 3. The third-order valence-corrected chi connectivity index (χ3v) is 2.74. The molecule has 0 aliphatic heterocycles. The number of carboxylic acids is 1. The molecule has 0 atom stereocenters. The maximum absolute atomic E-state index is 10.9. The van der Waals surface area contributed by atoms with Crippen molar-refractivity contribution in [3.63, 3.8) is 0 Å². The fourth-order valence-electron chi connectivity index (χ4n) is 1.80. The van der Waals surface area contributed by atoms with Gasteiger partial charge in [0.1, 0.15) is 11.2 Å². The molecule has 0 aliphatic carbocycles. The molecule has 96 valence electrons. The SMILES string of the molecule is N#Cc1ccc2oc(-c3ccnc(C(=O)O)c3)nc2c1.